The Labute approximate surface area is 81.6 Å². The van der Waals surface area contributed by atoms with Crippen LogP contribution in [0.25, 0.3) is 6.08 Å². The van der Waals surface area contributed by atoms with Crippen LogP contribution in [0.4, 0.5) is 0 Å². The number of hydrogen-bond acceptors (Lipinski definition) is 3. The maximum absolute atomic E-state index is 10.4. The molecule has 3 N–H and O–H groups in total. The quantitative estimate of drug-likeness (QED) is 0.700. The molecule has 0 aliphatic heterocycles. The summed E-state index contributed by atoms with van der Waals surface area (Å²) in [4.78, 5) is 10.4. The highest BCUT2D eigenvalue weighted by Crippen LogP contribution is 2.26. The number of benzene rings is 1. The van der Waals surface area contributed by atoms with E-state index in [-0.39, 0.29) is 5.75 Å². The van der Waals surface area contributed by atoms with E-state index in [4.69, 9.17) is 10.5 Å². The maximum atomic E-state index is 10.4. The number of methoxy groups -OCH3 is 1. The van der Waals surface area contributed by atoms with E-state index in [2.05, 4.69) is 0 Å². The van der Waals surface area contributed by atoms with Gasteiger partial charge in [-0.15, -0.1) is 0 Å². The Kier molecular flexibility index (Phi) is 3.12. The number of aromatic hydroxyl groups is 1. The van der Waals surface area contributed by atoms with Gasteiger partial charge in [0, 0.05) is 6.08 Å². The summed E-state index contributed by atoms with van der Waals surface area (Å²) in [6, 6.07) is 4.80. The molecule has 1 aromatic rings. The third-order valence-electron chi connectivity index (χ3n) is 1.64. The molecule has 0 saturated heterocycles. The second-order valence-electron chi connectivity index (χ2n) is 2.67. The van der Waals surface area contributed by atoms with Crippen molar-refractivity contribution in [3.05, 3.63) is 29.8 Å². The van der Waals surface area contributed by atoms with E-state index in [1.165, 1.54) is 25.3 Å². The molecular weight excluding hydrogens is 182 g/mol. The van der Waals surface area contributed by atoms with Gasteiger partial charge in [-0.3, -0.25) is 4.79 Å². The SMILES string of the molecule is COc1ccc(/C=C/C(N)=O)cc1O. The van der Waals surface area contributed by atoms with Crippen molar-refractivity contribution in [3.63, 3.8) is 0 Å². The number of ether oxygens (including phenoxy) is 1. The molecule has 0 aliphatic carbocycles. The van der Waals surface area contributed by atoms with E-state index < -0.39 is 5.91 Å². The number of amides is 1. The zero-order valence-electron chi connectivity index (χ0n) is 7.73. The molecule has 0 radical (unpaired) electrons. The summed E-state index contributed by atoms with van der Waals surface area (Å²) in [6.45, 7) is 0. The first-order valence-electron chi connectivity index (χ1n) is 3.98. The zero-order chi connectivity index (χ0) is 10.6. The fourth-order valence-electron chi connectivity index (χ4n) is 0.989. The second-order valence-corrected chi connectivity index (χ2v) is 2.67. The molecule has 4 nitrogen and oxygen atoms in total. The standard InChI is InChI=1S/C10H11NO3/c1-14-9-4-2-7(6-8(9)12)3-5-10(11)13/h2-6,12H,1H3,(H2,11,13)/b5-3+. The number of rotatable bonds is 3. The average Bonchev–Trinajstić information content (AvgIpc) is 2.15. The lowest BCUT2D eigenvalue weighted by atomic mass is 10.2. The maximum Gasteiger partial charge on any atom is 0.241 e. The smallest absolute Gasteiger partial charge is 0.241 e. The number of phenolic OH excluding ortho intramolecular Hbond substituents is 1. The Morgan fingerprint density at radius 2 is 2.29 bits per heavy atom. The van der Waals surface area contributed by atoms with Crippen molar-refractivity contribution in [2.45, 2.75) is 0 Å². The highest BCUT2D eigenvalue weighted by atomic mass is 16.5. The third-order valence-corrected chi connectivity index (χ3v) is 1.64. The van der Waals surface area contributed by atoms with E-state index in [0.29, 0.717) is 11.3 Å². The van der Waals surface area contributed by atoms with Crippen molar-refractivity contribution in [2.75, 3.05) is 7.11 Å². The number of phenols is 1. The van der Waals surface area contributed by atoms with Crippen LogP contribution in [0, 0.1) is 0 Å². The Hall–Kier alpha value is -1.97. The lowest BCUT2D eigenvalue weighted by molar-refractivity contribution is -0.113. The van der Waals surface area contributed by atoms with Crippen molar-refractivity contribution in [2.24, 2.45) is 5.73 Å². The van der Waals surface area contributed by atoms with E-state index >= 15 is 0 Å². The lowest BCUT2D eigenvalue weighted by Crippen LogP contribution is -2.05. The zero-order valence-corrected chi connectivity index (χ0v) is 7.73. The third kappa shape index (κ3) is 2.52. The molecule has 0 saturated carbocycles. The molecule has 0 spiro atoms. The first kappa shape index (κ1) is 10.1. The molecule has 0 atom stereocenters. The van der Waals surface area contributed by atoms with Crippen LogP contribution in [0.2, 0.25) is 0 Å². The van der Waals surface area contributed by atoms with Crippen LogP contribution >= 0.6 is 0 Å². The monoisotopic (exact) mass is 193 g/mol. The predicted octanol–water partition coefficient (Wildman–Crippen LogP) is 0.899. The van der Waals surface area contributed by atoms with E-state index in [0.717, 1.165) is 0 Å². The van der Waals surface area contributed by atoms with E-state index in [9.17, 15) is 9.90 Å². The number of nitrogens with two attached hydrogens (primary N) is 1. The normalized spacial score (nSPS) is 10.4. The number of primary amides is 1. The van der Waals surface area contributed by atoms with Crippen LogP contribution in [0.3, 0.4) is 0 Å². The minimum atomic E-state index is -0.527. The van der Waals surface area contributed by atoms with E-state index in [1.54, 1.807) is 12.1 Å². The molecule has 0 bridgehead atoms. The van der Waals surface area contributed by atoms with Gasteiger partial charge in [0.2, 0.25) is 5.91 Å². The summed E-state index contributed by atoms with van der Waals surface area (Å²) >= 11 is 0. The molecule has 0 aliphatic rings. The van der Waals surface area contributed by atoms with Gasteiger partial charge in [0.15, 0.2) is 11.5 Å². The first-order valence-corrected chi connectivity index (χ1v) is 3.98. The van der Waals surface area contributed by atoms with Crippen molar-refractivity contribution in [1.29, 1.82) is 0 Å². The van der Waals surface area contributed by atoms with Crippen molar-refractivity contribution >= 4 is 12.0 Å². The number of hydrogen-bond donors (Lipinski definition) is 2. The van der Waals surface area contributed by atoms with Crippen LogP contribution in [0.5, 0.6) is 11.5 Å². The molecule has 74 valence electrons. The van der Waals surface area contributed by atoms with Crippen LogP contribution in [0.1, 0.15) is 5.56 Å². The summed E-state index contributed by atoms with van der Waals surface area (Å²) in [5.74, 6) is -0.111. The summed E-state index contributed by atoms with van der Waals surface area (Å²) in [6.07, 6.45) is 2.74. The molecule has 14 heavy (non-hydrogen) atoms. The fourth-order valence-corrected chi connectivity index (χ4v) is 0.989. The predicted molar refractivity (Wildman–Crippen MR) is 52.9 cm³/mol. The van der Waals surface area contributed by atoms with Gasteiger partial charge in [-0.05, 0) is 23.8 Å². The topological polar surface area (TPSA) is 72.5 Å². The van der Waals surface area contributed by atoms with Gasteiger partial charge in [0.25, 0.3) is 0 Å². The molecule has 0 heterocycles. The van der Waals surface area contributed by atoms with Gasteiger partial charge in [0.1, 0.15) is 0 Å². The largest absolute Gasteiger partial charge is 0.504 e. The number of carbonyl (C=O) groups excluding carboxylic acids is 1. The summed E-state index contributed by atoms with van der Waals surface area (Å²) in [5, 5.41) is 9.38. The molecule has 1 amide bonds. The summed E-state index contributed by atoms with van der Waals surface area (Å²) in [5.41, 5.74) is 5.60. The van der Waals surface area contributed by atoms with Gasteiger partial charge in [-0.2, -0.15) is 0 Å². The fraction of sp³-hybridized carbons (Fsp3) is 0.100. The lowest BCUT2D eigenvalue weighted by Gasteiger charge is -2.02. The summed E-state index contributed by atoms with van der Waals surface area (Å²) in [7, 11) is 1.47. The molecule has 0 aromatic heterocycles. The van der Waals surface area contributed by atoms with Crippen LogP contribution in [-0.4, -0.2) is 18.1 Å². The minimum absolute atomic E-state index is 0.0270. The van der Waals surface area contributed by atoms with Crippen molar-refractivity contribution in [1.82, 2.24) is 0 Å². The highest BCUT2D eigenvalue weighted by molar-refractivity contribution is 5.90. The molecule has 4 heteroatoms. The minimum Gasteiger partial charge on any atom is -0.504 e. The van der Waals surface area contributed by atoms with Crippen LogP contribution < -0.4 is 10.5 Å². The first-order chi connectivity index (χ1) is 6.63. The van der Waals surface area contributed by atoms with Crippen molar-refractivity contribution in [3.8, 4) is 11.5 Å². The van der Waals surface area contributed by atoms with E-state index in [1.807, 2.05) is 0 Å². The Balaban J connectivity index is 2.91. The van der Waals surface area contributed by atoms with Crippen molar-refractivity contribution < 1.29 is 14.6 Å². The van der Waals surface area contributed by atoms with Gasteiger partial charge in [0.05, 0.1) is 7.11 Å². The Morgan fingerprint density at radius 3 is 2.79 bits per heavy atom. The van der Waals surface area contributed by atoms with Gasteiger partial charge in [-0.25, -0.2) is 0 Å². The highest BCUT2D eigenvalue weighted by Gasteiger charge is 1.99. The van der Waals surface area contributed by atoms with Gasteiger partial charge < -0.3 is 15.6 Å². The van der Waals surface area contributed by atoms with Gasteiger partial charge in [-0.1, -0.05) is 6.07 Å². The van der Waals surface area contributed by atoms with Crippen LogP contribution in [0.15, 0.2) is 24.3 Å². The summed E-state index contributed by atoms with van der Waals surface area (Å²) < 4.78 is 4.86. The Bertz CT molecular complexity index is 372. The van der Waals surface area contributed by atoms with Gasteiger partial charge >= 0.3 is 0 Å². The molecule has 1 aromatic carbocycles. The molecule has 0 unspecified atom stereocenters. The number of carbonyl (C=O) groups is 1. The molecular formula is C10H11NO3. The Morgan fingerprint density at radius 1 is 1.57 bits per heavy atom. The van der Waals surface area contributed by atoms with Crippen LogP contribution in [-0.2, 0) is 4.79 Å². The average molecular weight is 193 g/mol. The second kappa shape index (κ2) is 4.32. The molecule has 1 rings (SSSR count). The molecule has 0 fully saturated rings.